The van der Waals surface area contributed by atoms with E-state index < -0.39 is 12.0 Å². The van der Waals surface area contributed by atoms with E-state index in [0.29, 0.717) is 26.8 Å². The number of aromatic nitrogens is 1. The van der Waals surface area contributed by atoms with Gasteiger partial charge in [-0.05, 0) is 49.7 Å². The molecular formula is C17H14ClNO3. The first-order chi connectivity index (χ1) is 10.4. The zero-order valence-electron chi connectivity index (χ0n) is 12.1. The lowest BCUT2D eigenvalue weighted by Crippen LogP contribution is -2.20. The fourth-order valence-electron chi connectivity index (χ4n) is 2.73. The summed E-state index contributed by atoms with van der Waals surface area (Å²) in [6, 6.07) is 9.53. The zero-order valence-corrected chi connectivity index (χ0v) is 12.9. The Kier molecular flexibility index (Phi) is 3.41. The molecule has 0 bridgehead atoms. The van der Waals surface area contributed by atoms with Crippen molar-refractivity contribution in [3.05, 3.63) is 57.2 Å². The van der Waals surface area contributed by atoms with Crippen LogP contribution >= 0.6 is 11.6 Å². The Bertz CT molecular complexity index is 909. The highest BCUT2D eigenvalue weighted by atomic mass is 35.5. The third kappa shape index (κ3) is 2.16. The molecule has 0 radical (unpaired) electrons. The maximum atomic E-state index is 12.7. The lowest BCUT2D eigenvalue weighted by molar-refractivity contribution is -0.140. The van der Waals surface area contributed by atoms with Crippen molar-refractivity contribution in [3.63, 3.8) is 0 Å². The average molecular weight is 316 g/mol. The van der Waals surface area contributed by atoms with E-state index in [1.54, 1.807) is 35.8 Å². The first-order valence-electron chi connectivity index (χ1n) is 6.87. The molecule has 0 aliphatic rings. The number of pyridine rings is 1. The average Bonchev–Trinajstić information content (AvgIpc) is 2.46. The van der Waals surface area contributed by atoms with Gasteiger partial charge in [0.15, 0.2) is 5.43 Å². The molecule has 5 heteroatoms. The van der Waals surface area contributed by atoms with Crippen molar-refractivity contribution in [1.29, 1.82) is 0 Å². The van der Waals surface area contributed by atoms with E-state index in [0.717, 1.165) is 5.56 Å². The molecule has 0 aliphatic heterocycles. The van der Waals surface area contributed by atoms with Crippen molar-refractivity contribution in [3.8, 4) is 0 Å². The molecule has 0 fully saturated rings. The van der Waals surface area contributed by atoms with E-state index in [1.165, 1.54) is 0 Å². The highest BCUT2D eigenvalue weighted by molar-refractivity contribution is 6.31. The number of carbonyl (C=O) groups is 1. The Balaban J connectivity index is 2.62. The number of hydrogen-bond acceptors (Lipinski definition) is 2. The van der Waals surface area contributed by atoms with Gasteiger partial charge in [0.25, 0.3) is 0 Å². The number of aryl methyl sites for hydroxylation is 1. The Morgan fingerprint density at radius 1 is 1.14 bits per heavy atom. The van der Waals surface area contributed by atoms with Crippen LogP contribution in [-0.2, 0) is 4.79 Å². The number of carboxylic acids is 1. The van der Waals surface area contributed by atoms with Crippen molar-refractivity contribution < 1.29 is 9.90 Å². The Hall–Kier alpha value is -2.33. The minimum atomic E-state index is -0.965. The Morgan fingerprint density at radius 2 is 1.73 bits per heavy atom. The summed E-state index contributed by atoms with van der Waals surface area (Å²) in [5, 5.41) is 10.9. The van der Waals surface area contributed by atoms with E-state index in [9.17, 15) is 14.7 Å². The Morgan fingerprint density at radius 3 is 2.36 bits per heavy atom. The molecule has 3 rings (SSSR count). The van der Waals surface area contributed by atoms with Crippen molar-refractivity contribution in [2.45, 2.75) is 19.9 Å². The SMILES string of the molecule is Cc1ccc2c(=O)c3ccc(Cl)cc3n([C@H](C)C(=O)O)c2c1. The molecule has 1 heterocycles. The molecule has 1 aromatic heterocycles. The molecule has 0 spiro atoms. The fraction of sp³-hybridized carbons (Fsp3) is 0.176. The lowest BCUT2D eigenvalue weighted by Gasteiger charge is -2.19. The standard InChI is InChI=1S/C17H14ClNO3/c1-9-3-5-12-14(7-9)19(10(2)17(21)22)15-8-11(18)4-6-13(15)16(12)20/h3-8,10H,1-2H3,(H,21,22)/t10-/m1/s1. The largest absolute Gasteiger partial charge is 0.480 e. The van der Waals surface area contributed by atoms with Gasteiger partial charge in [-0.15, -0.1) is 0 Å². The normalized spacial score (nSPS) is 12.7. The van der Waals surface area contributed by atoms with Crippen molar-refractivity contribution in [2.75, 3.05) is 0 Å². The van der Waals surface area contributed by atoms with Crippen LogP contribution < -0.4 is 5.43 Å². The molecule has 0 saturated heterocycles. The molecule has 0 aliphatic carbocycles. The predicted molar refractivity (Wildman–Crippen MR) is 87.8 cm³/mol. The molecule has 0 saturated carbocycles. The lowest BCUT2D eigenvalue weighted by atomic mass is 10.1. The summed E-state index contributed by atoms with van der Waals surface area (Å²) in [5.74, 6) is -0.965. The van der Waals surface area contributed by atoms with Gasteiger partial charge in [-0.25, -0.2) is 4.79 Å². The number of aliphatic carboxylic acids is 1. The highest BCUT2D eigenvalue weighted by Gasteiger charge is 2.19. The summed E-state index contributed by atoms with van der Waals surface area (Å²) < 4.78 is 1.66. The molecule has 4 nitrogen and oxygen atoms in total. The fourth-order valence-corrected chi connectivity index (χ4v) is 2.90. The van der Waals surface area contributed by atoms with Crippen LogP contribution in [-0.4, -0.2) is 15.6 Å². The van der Waals surface area contributed by atoms with E-state index in [2.05, 4.69) is 0 Å². The van der Waals surface area contributed by atoms with Gasteiger partial charge in [0.05, 0.1) is 11.0 Å². The van der Waals surface area contributed by atoms with Crippen LogP contribution in [0.2, 0.25) is 5.02 Å². The molecule has 112 valence electrons. The molecule has 3 aromatic rings. The summed E-state index contributed by atoms with van der Waals surface area (Å²) in [5.41, 5.74) is 1.98. The van der Waals surface area contributed by atoms with Crippen LogP contribution in [0.1, 0.15) is 18.5 Å². The number of fused-ring (bicyclic) bond motifs is 2. The van der Waals surface area contributed by atoms with E-state index in [1.807, 2.05) is 19.1 Å². The van der Waals surface area contributed by atoms with E-state index >= 15 is 0 Å². The van der Waals surface area contributed by atoms with Gasteiger partial charge in [0.2, 0.25) is 0 Å². The van der Waals surface area contributed by atoms with Gasteiger partial charge < -0.3 is 9.67 Å². The predicted octanol–water partition coefficient (Wildman–Crippen LogP) is 3.76. The van der Waals surface area contributed by atoms with Crippen LogP contribution in [0, 0.1) is 6.92 Å². The minimum Gasteiger partial charge on any atom is -0.480 e. The van der Waals surface area contributed by atoms with Gasteiger partial charge >= 0.3 is 5.97 Å². The van der Waals surface area contributed by atoms with Crippen molar-refractivity contribution in [2.24, 2.45) is 0 Å². The van der Waals surface area contributed by atoms with Crippen molar-refractivity contribution >= 4 is 39.4 Å². The number of nitrogens with zero attached hydrogens (tertiary/aromatic N) is 1. The second-order valence-electron chi connectivity index (χ2n) is 5.40. The van der Waals surface area contributed by atoms with Crippen LogP contribution in [0.4, 0.5) is 0 Å². The quantitative estimate of drug-likeness (QED) is 0.732. The molecule has 2 aromatic carbocycles. The van der Waals surface area contributed by atoms with Crippen molar-refractivity contribution in [1.82, 2.24) is 4.57 Å². The van der Waals surface area contributed by atoms with Gasteiger partial charge in [-0.1, -0.05) is 17.7 Å². The van der Waals surface area contributed by atoms with Crippen LogP contribution in [0.3, 0.4) is 0 Å². The third-order valence-corrected chi connectivity index (χ3v) is 4.10. The number of benzene rings is 2. The van der Waals surface area contributed by atoms with Gasteiger partial charge in [0, 0.05) is 15.8 Å². The van der Waals surface area contributed by atoms with Crippen LogP contribution in [0.5, 0.6) is 0 Å². The van der Waals surface area contributed by atoms with E-state index in [-0.39, 0.29) is 5.43 Å². The topological polar surface area (TPSA) is 59.3 Å². The third-order valence-electron chi connectivity index (χ3n) is 3.87. The second-order valence-corrected chi connectivity index (χ2v) is 5.83. The minimum absolute atomic E-state index is 0.115. The summed E-state index contributed by atoms with van der Waals surface area (Å²) in [6.45, 7) is 3.50. The maximum absolute atomic E-state index is 12.7. The molecule has 0 unspecified atom stereocenters. The zero-order chi connectivity index (χ0) is 16.0. The Labute approximate surface area is 131 Å². The van der Waals surface area contributed by atoms with E-state index in [4.69, 9.17) is 11.6 Å². The first kappa shape index (κ1) is 14.6. The number of rotatable bonds is 2. The molecular weight excluding hydrogens is 302 g/mol. The summed E-state index contributed by atoms with van der Waals surface area (Å²) in [6.07, 6.45) is 0. The number of halogens is 1. The maximum Gasteiger partial charge on any atom is 0.326 e. The summed E-state index contributed by atoms with van der Waals surface area (Å²) in [4.78, 5) is 24.2. The number of carboxylic acid groups (broad SMARTS) is 1. The van der Waals surface area contributed by atoms with Crippen LogP contribution in [0.25, 0.3) is 21.8 Å². The molecule has 1 N–H and O–H groups in total. The highest BCUT2D eigenvalue weighted by Crippen LogP contribution is 2.26. The van der Waals surface area contributed by atoms with Gasteiger partial charge in [-0.2, -0.15) is 0 Å². The van der Waals surface area contributed by atoms with Gasteiger partial charge in [-0.3, -0.25) is 4.79 Å². The monoisotopic (exact) mass is 315 g/mol. The van der Waals surface area contributed by atoms with Crippen LogP contribution in [0.15, 0.2) is 41.2 Å². The molecule has 0 amide bonds. The second kappa shape index (κ2) is 5.14. The summed E-state index contributed by atoms with van der Waals surface area (Å²) in [7, 11) is 0. The van der Waals surface area contributed by atoms with Gasteiger partial charge in [0.1, 0.15) is 6.04 Å². The first-order valence-corrected chi connectivity index (χ1v) is 7.25. The molecule has 1 atom stereocenters. The smallest absolute Gasteiger partial charge is 0.326 e. The molecule has 22 heavy (non-hydrogen) atoms. The summed E-state index contributed by atoms with van der Waals surface area (Å²) >= 11 is 6.05. The number of hydrogen-bond donors (Lipinski definition) is 1.